The van der Waals surface area contributed by atoms with Gasteiger partial charge in [-0.15, -0.1) is 0 Å². The molecule has 11 rings (SSSR count). The van der Waals surface area contributed by atoms with E-state index >= 15 is 0 Å². The van der Waals surface area contributed by atoms with E-state index in [4.69, 9.17) is 21.5 Å². The molecule has 6 heteroatoms. The van der Waals surface area contributed by atoms with Crippen LogP contribution in [-0.2, 0) is 0 Å². The van der Waals surface area contributed by atoms with Crippen molar-refractivity contribution in [2.75, 3.05) is 0 Å². The molecule has 0 aliphatic carbocycles. The predicted molar refractivity (Wildman–Crippen MR) is 292 cm³/mol. The van der Waals surface area contributed by atoms with Crippen molar-refractivity contribution >= 4 is 27.5 Å². The smallest absolute Gasteiger partial charge is 0.187 e. The standard InChI is InChI=1S/C65H48N6/c1-39-30-41(3)60(42(4)31-39)50-24-28-58-56(34-50)57-35-51(61-43(5)32-40(2)33-44(61)6)25-29-59(57)71(58)62-54(46-20-18-45(38-66)19-21-46)36-52(37-55(62)47-22-26-53(67-7)27-23-47)65-69-63(48-14-10-8-11-15-48)68-64(70-65)49-16-12-9-13-17-49/h8-37H,1-6H3. The van der Waals surface area contributed by atoms with Gasteiger partial charge in [-0.25, -0.2) is 19.8 Å². The average Bonchev–Trinajstić information content (AvgIpc) is 3.70. The van der Waals surface area contributed by atoms with Crippen molar-refractivity contribution < 1.29 is 0 Å². The minimum Gasteiger partial charge on any atom is -0.308 e. The van der Waals surface area contributed by atoms with Crippen LogP contribution in [0.3, 0.4) is 0 Å². The first-order chi connectivity index (χ1) is 34.5. The van der Waals surface area contributed by atoms with Crippen molar-refractivity contribution in [2.45, 2.75) is 41.5 Å². The van der Waals surface area contributed by atoms with Gasteiger partial charge < -0.3 is 4.57 Å². The Hall–Kier alpha value is -9.23. The molecule has 71 heavy (non-hydrogen) atoms. The highest BCUT2D eigenvalue weighted by molar-refractivity contribution is 6.13. The zero-order valence-corrected chi connectivity index (χ0v) is 40.5. The van der Waals surface area contributed by atoms with Crippen LogP contribution in [0.1, 0.15) is 38.9 Å². The Balaban J connectivity index is 1.27. The number of aryl methyl sites for hydroxylation is 6. The first-order valence-electron chi connectivity index (χ1n) is 23.8. The lowest BCUT2D eigenvalue weighted by Gasteiger charge is -2.21. The van der Waals surface area contributed by atoms with E-state index < -0.39 is 0 Å². The highest BCUT2D eigenvalue weighted by atomic mass is 15.0. The third-order valence-corrected chi connectivity index (χ3v) is 13.6. The van der Waals surface area contributed by atoms with E-state index in [1.807, 2.05) is 109 Å². The molecule has 6 nitrogen and oxygen atoms in total. The van der Waals surface area contributed by atoms with Gasteiger partial charge in [-0.2, -0.15) is 5.26 Å². The minimum atomic E-state index is 0.516. The molecule has 0 bridgehead atoms. The minimum absolute atomic E-state index is 0.516. The highest BCUT2D eigenvalue weighted by Crippen LogP contribution is 2.46. The number of nitriles is 1. The molecule has 0 atom stereocenters. The Kier molecular flexibility index (Phi) is 11.2. The Morgan fingerprint density at radius 3 is 1.23 bits per heavy atom. The van der Waals surface area contributed by atoms with E-state index in [9.17, 15) is 5.26 Å². The summed E-state index contributed by atoms with van der Waals surface area (Å²) in [4.78, 5) is 19.2. The lowest BCUT2D eigenvalue weighted by Crippen LogP contribution is -2.04. The van der Waals surface area contributed by atoms with Crippen LogP contribution in [0.2, 0.25) is 0 Å². The summed E-state index contributed by atoms with van der Waals surface area (Å²) in [6.07, 6.45) is 0. The first-order valence-corrected chi connectivity index (χ1v) is 23.8. The Labute approximate surface area is 414 Å². The van der Waals surface area contributed by atoms with Gasteiger partial charge in [-0.05, 0) is 146 Å². The molecule has 0 fully saturated rings. The molecule has 0 spiro atoms. The molecule has 0 saturated carbocycles. The van der Waals surface area contributed by atoms with Gasteiger partial charge in [0.25, 0.3) is 0 Å². The maximum Gasteiger partial charge on any atom is 0.187 e. The van der Waals surface area contributed by atoms with E-state index in [0.717, 1.165) is 77.6 Å². The fourth-order valence-electron chi connectivity index (χ4n) is 10.7. The Morgan fingerprint density at radius 1 is 0.423 bits per heavy atom. The van der Waals surface area contributed by atoms with Crippen LogP contribution in [0.5, 0.6) is 0 Å². The number of nitrogens with zero attached hydrogens (tertiary/aromatic N) is 6. The summed E-state index contributed by atoms with van der Waals surface area (Å²) in [7, 11) is 0. The summed E-state index contributed by atoms with van der Waals surface area (Å²) in [5.41, 5.74) is 22.6. The van der Waals surface area contributed by atoms with E-state index in [1.165, 1.54) is 44.5 Å². The Morgan fingerprint density at radius 2 is 0.817 bits per heavy atom. The summed E-state index contributed by atoms with van der Waals surface area (Å²) < 4.78 is 2.41. The lowest BCUT2D eigenvalue weighted by molar-refractivity contribution is 1.07. The van der Waals surface area contributed by atoms with Crippen molar-refractivity contribution in [1.29, 1.82) is 5.26 Å². The molecule has 2 heterocycles. The topological polar surface area (TPSA) is 71.8 Å². The van der Waals surface area contributed by atoms with Gasteiger partial charge in [0.15, 0.2) is 23.2 Å². The predicted octanol–water partition coefficient (Wildman–Crippen LogP) is 16.9. The van der Waals surface area contributed by atoms with Crippen LogP contribution >= 0.6 is 0 Å². The summed E-state index contributed by atoms with van der Waals surface area (Å²) in [5.74, 6) is 1.64. The van der Waals surface area contributed by atoms with E-state index in [-0.39, 0.29) is 0 Å². The van der Waals surface area contributed by atoms with Crippen molar-refractivity contribution in [3.63, 3.8) is 0 Å². The van der Waals surface area contributed by atoms with E-state index in [0.29, 0.717) is 28.7 Å². The van der Waals surface area contributed by atoms with Crippen LogP contribution in [0, 0.1) is 59.4 Å². The quantitative estimate of drug-likeness (QED) is 0.142. The largest absolute Gasteiger partial charge is 0.308 e. The monoisotopic (exact) mass is 912 g/mol. The maximum absolute atomic E-state index is 10.0. The lowest BCUT2D eigenvalue weighted by atomic mass is 9.91. The fraction of sp³-hybridized carbons (Fsp3) is 0.0923. The third kappa shape index (κ3) is 8.12. The molecule has 0 aliphatic rings. The molecule has 11 aromatic rings. The molecule has 9 aromatic carbocycles. The Bertz CT molecular complexity index is 3690. The summed E-state index contributed by atoms with van der Waals surface area (Å²) >= 11 is 0. The summed E-state index contributed by atoms with van der Waals surface area (Å²) in [5, 5.41) is 12.3. The zero-order chi connectivity index (χ0) is 48.9. The van der Waals surface area contributed by atoms with Crippen molar-refractivity contribution in [3.05, 3.63) is 232 Å². The van der Waals surface area contributed by atoms with Gasteiger partial charge in [0.1, 0.15) is 0 Å². The maximum atomic E-state index is 10.0. The zero-order valence-electron chi connectivity index (χ0n) is 40.5. The number of aromatic nitrogens is 4. The van der Waals surface area contributed by atoms with Gasteiger partial charge >= 0.3 is 0 Å². The summed E-state index contributed by atoms with van der Waals surface area (Å²) in [6.45, 7) is 21.0. The first kappa shape index (κ1) is 44.3. The summed E-state index contributed by atoms with van der Waals surface area (Å²) in [6, 6.07) is 65.3. The molecule has 0 saturated heterocycles. The van der Waals surface area contributed by atoms with Gasteiger partial charge in [-0.1, -0.05) is 145 Å². The second-order valence-electron chi connectivity index (χ2n) is 18.7. The van der Waals surface area contributed by atoms with Crippen LogP contribution in [-0.4, -0.2) is 19.5 Å². The third-order valence-electron chi connectivity index (χ3n) is 13.6. The normalized spacial score (nSPS) is 11.2. The SMILES string of the molecule is [C-]#[N+]c1ccc(-c2cc(-c3nc(-c4ccccc4)nc(-c4ccccc4)n3)cc(-c3ccc(C#N)cc3)c2-n2c3ccc(-c4c(C)cc(C)cc4C)cc3c3cc(-c4c(C)cc(C)cc4C)ccc32)cc1. The number of benzene rings is 9. The van der Waals surface area contributed by atoms with Crippen molar-refractivity contribution in [2.24, 2.45) is 0 Å². The molecule has 0 unspecified atom stereocenters. The van der Waals surface area contributed by atoms with Gasteiger partial charge in [-0.3, -0.25) is 0 Å². The van der Waals surface area contributed by atoms with Crippen molar-refractivity contribution in [1.82, 2.24) is 19.5 Å². The van der Waals surface area contributed by atoms with Crippen LogP contribution in [0.25, 0.3) is 111 Å². The van der Waals surface area contributed by atoms with Gasteiger partial charge in [0.2, 0.25) is 0 Å². The highest BCUT2D eigenvalue weighted by Gasteiger charge is 2.25. The molecular formula is C65H48N6. The molecule has 0 amide bonds. The van der Waals surface area contributed by atoms with Crippen molar-refractivity contribution in [3.8, 4) is 90.4 Å². The number of fused-ring (bicyclic) bond motifs is 3. The molecule has 338 valence electrons. The number of hydrogen-bond donors (Lipinski definition) is 0. The molecule has 2 aromatic heterocycles. The van der Waals surface area contributed by atoms with Gasteiger partial charge in [0.05, 0.1) is 34.9 Å². The second-order valence-corrected chi connectivity index (χ2v) is 18.7. The molecule has 0 N–H and O–H groups in total. The van der Waals surface area contributed by atoms with E-state index in [2.05, 4.69) is 130 Å². The fourth-order valence-corrected chi connectivity index (χ4v) is 10.7. The van der Waals surface area contributed by atoms with Gasteiger partial charge in [0, 0.05) is 38.6 Å². The number of rotatable bonds is 8. The molecule has 0 radical (unpaired) electrons. The van der Waals surface area contributed by atoms with Crippen LogP contribution < -0.4 is 0 Å². The molecular weight excluding hydrogens is 865 g/mol. The van der Waals surface area contributed by atoms with Crippen LogP contribution in [0.15, 0.2) is 182 Å². The van der Waals surface area contributed by atoms with Crippen LogP contribution in [0.4, 0.5) is 5.69 Å². The number of hydrogen-bond acceptors (Lipinski definition) is 4. The molecule has 0 aliphatic heterocycles. The second kappa shape index (κ2) is 18.0. The average molecular weight is 913 g/mol. The van der Waals surface area contributed by atoms with E-state index in [1.54, 1.807) is 0 Å².